The van der Waals surface area contributed by atoms with Gasteiger partial charge in [-0.3, -0.25) is 4.18 Å². The van der Waals surface area contributed by atoms with E-state index in [1.165, 1.54) is 35.1 Å². The number of aliphatic hydroxyl groups is 1. The molecule has 0 aliphatic rings. The number of hydrogen-bond acceptors (Lipinski definition) is 6. The molecule has 0 aliphatic carbocycles. The second-order valence-electron chi connectivity index (χ2n) is 8.96. The molecule has 174 valence electrons. The van der Waals surface area contributed by atoms with Gasteiger partial charge in [-0.1, -0.05) is 43.4 Å². The summed E-state index contributed by atoms with van der Waals surface area (Å²) in [4.78, 5) is 0.00263. The van der Waals surface area contributed by atoms with E-state index in [0.29, 0.717) is 17.6 Å². The summed E-state index contributed by atoms with van der Waals surface area (Å²) in [7, 11) is -5.28. The Kier molecular flexibility index (Phi) is 7.51. The van der Waals surface area contributed by atoms with E-state index in [1.54, 1.807) is 12.1 Å². The van der Waals surface area contributed by atoms with E-state index in [2.05, 4.69) is 24.7 Å². The van der Waals surface area contributed by atoms with Crippen molar-refractivity contribution in [1.29, 1.82) is 0 Å². The summed E-state index contributed by atoms with van der Waals surface area (Å²) in [5, 5.41) is 15.2. The first-order valence-corrected chi connectivity index (χ1v) is 15.5. The van der Waals surface area contributed by atoms with Crippen molar-refractivity contribution in [1.82, 2.24) is 9.78 Å². The molecule has 0 radical (unpaired) electrons. The number of aryl methyl sites for hydroxylation is 1. The lowest BCUT2D eigenvalue weighted by atomic mass is 10.1. The maximum Gasteiger partial charge on any atom is 0.297 e. The number of rotatable bonds is 10. The summed E-state index contributed by atoms with van der Waals surface area (Å²) in [6.07, 6.45) is 0.150. The zero-order valence-electron chi connectivity index (χ0n) is 18.7. The summed E-state index contributed by atoms with van der Waals surface area (Å²) >= 11 is 0. The minimum atomic E-state index is -4.04. The Morgan fingerprint density at radius 3 is 2.50 bits per heavy atom. The Labute approximate surface area is 188 Å². The molecule has 7 nitrogen and oxygen atoms in total. The lowest BCUT2D eigenvalue weighted by molar-refractivity contribution is 0.0813. The third-order valence-electron chi connectivity index (χ3n) is 5.05. The topological polar surface area (TPSA) is 90.7 Å². The normalized spacial score (nSPS) is 13.6. The molecule has 0 aliphatic heterocycles. The second-order valence-corrected chi connectivity index (χ2v) is 16.2. The minimum absolute atomic E-state index is 0.00263. The van der Waals surface area contributed by atoms with Crippen molar-refractivity contribution in [2.45, 2.75) is 50.3 Å². The van der Waals surface area contributed by atoms with E-state index in [4.69, 9.17) is 8.92 Å². The molecule has 1 heterocycles. The molecule has 0 amide bonds. The molecule has 0 spiro atoms. The van der Waals surface area contributed by atoms with E-state index >= 15 is 0 Å². The van der Waals surface area contributed by atoms with Gasteiger partial charge in [0.2, 0.25) is 0 Å². The van der Waals surface area contributed by atoms with E-state index < -0.39 is 36.7 Å². The average molecular weight is 481 g/mol. The van der Waals surface area contributed by atoms with Crippen LogP contribution in [-0.4, -0.2) is 44.6 Å². The Morgan fingerprint density at radius 2 is 1.84 bits per heavy atom. The summed E-state index contributed by atoms with van der Waals surface area (Å²) in [5.74, 6) is -0.504. The van der Waals surface area contributed by atoms with Crippen LogP contribution >= 0.6 is 0 Å². The van der Waals surface area contributed by atoms with Gasteiger partial charge < -0.3 is 9.84 Å². The maximum absolute atomic E-state index is 14.5. The van der Waals surface area contributed by atoms with Crippen LogP contribution in [0.3, 0.4) is 0 Å². The summed E-state index contributed by atoms with van der Waals surface area (Å²) in [6.45, 7) is 8.72. The summed E-state index contributed by atoms with van der Waals surface area (Å²) in [5.41, 5.74) is 1.43. The minimum Gasteiger partial charge on any atom is -0.386 e. The number of halogens is 1. The smallest absolute Gasteiger partial charge is 0.297 e. The molecule has 1 atom stereocenters. The molecule has 1 N–H and O–H groups in total. The number of benzene rings is 2. The first-order chi connectivity index (χ1) is 15.0. The molecular formula is C22H29FN2O5SSi. The van der Waals surface area contributed by atoms with E-state index in [1.807, 2.05) is 6.92 Å². The third-order valence-corrected chi connectivity index (χ3v) is 8.05. The van der Waals surface area contributed by atoms with Gasteiger partial charge in [-0.05, 0) is 36.7 Å². The molecule has 0 unspecified atom stereocenters. The number of fused-ring (bicyclic) bond motifs is 1. The molecule has 3 rings (SSSR count). The zero-order chi connectivity index (χ0) is 23.5. The lowest BCUT2D eigenvalue weighted by Crippen LogP contribution is -2.22. The van der Waals surface area contributed by atoms with Crippen LogP contribution in [0.25, 0.3) is 10.9 Å². The fraction of sp³-hybridized carbons (Fsp3) is 0.409. The van der Waals surface area contributed by atoms with Crippen LogP contribution in [0.5, 0.6) is 0 Å². The Balaban J connectivity index is 1.73. The van der Waals surface area contributed by atoms with Gasteiger partial charge in [-0.2, -0.15) is 13.5 Å². The summed E-state index contributed by atoms with van der Waals surface area (Å²) in [6, 6.07) is 9.81. The monoisotopic (exact) mass is 480 g/mol. The van der Waals surface area contributed by atoms with Crippen LogP contribution in [0.4, 0.5) is 4.39 Å². The highest BCUT2D eigenvalue weighted by molar-refractivity contribution is 7.86. The second kappa shape index (κ2) is 9.80. The van der Waals surface area contributed by atoms with Gasteiger partial charge in [0.25, 0.3) is 10.1 Å². The van der Waals surface area contributed by atoms with Crippen LogP contribution < -0.4 is 0 Å². The van der Waals surface area contributed by atoms with Crippen LogP contribution in [0.15, 0.2) is 47.5 Å². The third kappa shape index (κ3) is 6.02. The highest BCUT2D eigenvalue weighted by Crippen LogP contribution is 2.28. The van der Waals surface area contributed by atoms with Crippen LogP contribution in [0.2, 0.25) is 25.7 Å². The molecule has 0 fully saturated rings. The SMILES string of the molecule is Cc1ccc(S(=O)(=O)OC[C@H](O)c2ccc(F)c3c2cnn3COCC[Si](C)(C)C)cc1. The van der Waals surface area contributed by atoms with Gasteiger partial charge in [0.15, 0.2) is 0 Å². The first-order valence-electron chi connectivity index (χ1n) is 10.3. The highest BCUT2D eigenvalue weighted by Gasteiger charge is 2.22. The van der Waals surface area contributed by atoms with Crippen LogP contribution in [0.1, 0.15) is 17.2 Å². The van der Waals surface area contributed by atoms with Crippen molar-refractivity contribution in [3.63, 3.8) is 0 Å². The Bertz CT molecular complexity index is 1170. The number of ether oxygens (including phenoxy) is 1. The number of hydrogen-bond donors (Lipinski definition) is 1. The van der Waals surface area contributed by atoms with Gasteiger partial charge in [-0.15, -0.1) is 0 Å². The van der Waals surface area contributed by atoms with Crippen LogP contribution in [-0.2, 0) is 25.8 Å². The standard InChI is InChI=1S/C22H29FN2O5SSi/c1-16-5-7-17(8-6-16)31(27,28)30-14-21(26)18-9-10-20(23)22-19(18)13-24-25(22)15-29-11-12-32(2,3)4/h5-10,13,21,26H,11-12,14-15H2,1-4H3/t21-/m0/s1. The molecule has 3 aromatic rings. The first kappa shape index (κ1) is 24.5. The van der Waals surface area contributed by atoms with E-state index in [0.717, 1.165) is 11.6 Å². The lowest BCUT2D eigenvalue weighted by Gasteiger charge is -2.16. The van der Waals surface area contributed by atoms with Crippen LogP contribution in [0, 0.1) is 12.7 Å². The molecule has 2 aromatic carbocycles. The maximum atomic E-state index is 14.5. The molecule has 0 saturated heterocycles. The number of nitrogens with zero attached hydrogens (tertiary/aromatic N) is 2. The van der Waals surface area contributed by atoms with Gasteiger partial charge in [0.05, 0.1) is 17.7 Å². The van der Waals surface area contributed by atoms with Gasteiger partial charge in [-0.25, -0.2) is 9.07 Å². The fourth-order valence-corrected chi connectivity index (χ4v) is 4.79. The predicted octanol–water partition coefficient (Wildman–Crippen LogP) is 4.24. The summed E-state index contributed by atoms with van der Waals surface area (Å²) < 4.78 is 51.4. The molecule has 1 aromatic heterocycles. The van der Waals surface area contributed by atoms with E-state index in [-0.39, 0.29) is 17.1 Å². The molecular weight excluding hydrogens is 451 g/mol. The fourth-order valence-electron chi connectivity index (χ4n) is 3.11. The van der Waals surface area contributed by atoms with Crippen molar-refractivity contribution in [3.8, 4) is 0 Å². The van der Waals surface area contributed by atoms with Crippen molar-refractivity contribution in [2.75, 3.05) is 13.2 Å². The van der Waals surface area contributed by atoms with Crippen molar-refractivity contribution < 1.29 is 26.8 Å². The Hall–Kier alpha value is -2.11. The average Bonchev–Trinajstić information content (AvgIpc) is 3.14. The quantitative estimate of drug-likeness (QED) is 0.265. The number of aromatic nitrogens is 2. The molecule has 10 heteroatoms. The van der Waals surface area contributed by atoms with Gasteiger partial charge in [0, 0.05) is 20.1 Å². The largest absolute Gasteiger partial charge is 0.386 e. The number of aliphatic hydroxyl groups excluding tert-OH is 1. The van der Waals surface area contributed by atoms with Crippen molar-refractivity contribution in [3.05, 3.63) is 59.5 Å². The van der Waals surface area contributed by atoms with Crippen molar-refractivity contribution >= 4 is 29.1 Å². The highest BCUT2D eigenvalue weighted by atomic mass is 32.2. The molecule has 0 saturated carbocycles. The predicted molar refractivity (Wildman–Crippen MR) is 123 cm³/mol. The Morgan fingerprint density at radius 1 is 1.16 bits per heavy atom. The van der Waals surface area contributed by atoms with E-state index in [9.17, 15) is 17.9 Å². The van der Waals surface area contributed by atoms with Gasteiger partial charge >= 0.3 is 0 Å². The molecule has 0 bridgehead atoms. The van der Waals surface area contributed by atoms with Crippen molar-refractivity contribution in [2.24, 2.45) is 0 Å². The van der Waals surface area contributed by atoms with Gasteiger partial charge in [0.1, 0.15) is 24.2 Å². The zero-order valence-corrected chi connectivity index (χ0v) is 20.5. The molecule has 32 heavy (non-hydrogen) atoms.